The van der Waals surface area contributed by atoms with Crippen LogP contribution >= 0.6 is 0 Å². The van der Waals surface area contributed by atoms with E-state index in [9.17, 15) is 15.0 Å². The van der Waals surface area contributed by atoms with Crippen molar-refractivity contribution in [2.45, 2.75) is 38.5 Å². The van der Waals surface area contributed by atoms with Crippen LogP contribution in [0.4, 0.5) is 0 Å². The average molecular weight is 477 g/mol. The molecule has 3 aromatic rings. The van der Waals surface area contributed by atoms with Crippen LogP contribution < -0.4 is 9.47 Å². The van der Waals surface area contributed by atoms with E-state index < -0.39 is 11.8 Å². The maximum Gasteiger partial charge on any atom is 0.263 e. The predicted molar refractivity (Wildman–Crippen MR) is 134 cm³/mol. The van der Waals surface area contributed by atoms with E-state index in [1.54, 1.807) is 37.3 Å². The van der Waals surface area contributed by atoms with Crippen molar-refractivity contribution in [1.29, 1.82) is 0 Å². The first-order chi connectivity index (χ1) is 17.0. The van der Waals surface area contributed by atoms with Gasteiger partial charge in [-0.1, -0.05) is 43.7 Å². The molecule has 1 saturated heterocycles. The summed E-state index contributed by atoms with van der Waals surface area (Å²) in [5.74, 6) is 0.119. The number of carbonyl (C=O) groups excluding carboxylic acids is 1. The molecule has 4 rings (SSSR count). The Morgan fingerprint density at radius 1 is 1.11 bits per heavy atom. The molecule has 1 aliphatic rings. The third-order valence-corrected chi connectivity index (χ3v) is 6.63. The topological polar surface area (TPSA) is 92.1 Å². The van der Waals surface area contributed by atoms with Crippen molar-refractivity contribution in [3.63, 3.8) is 0 Å². The molecule has 35 heavy (non-hydrogen) atoms. The standard InChI is InChI=1S/C28H32N2O5/c1-4-5-11-22-24(21-16-20(34-2)12-13-23(21)35-3)26(31)25(27(32)29-22)28(33)30-15-14-19(17-30)18-9-7-6-8-10-18/h6-10,12-13,16,19H,4-5,11,14-15,17H2,1-3H3,(H2,29,31,32)/t19-/m0/s1. The summed E-state index contributed by atoms with van der Waals surface area (Å²) in [5.41, 5.74) is 2.44. The van der Waals surface area contributed by atoms with E-state index in [1.165, 1.54) is 5.56 Å². The summed E-state index contributed by atoms with van der Waals surface area (Å²) < 4.78 is 10.9. The second kappa shape index (κ2) is 10.7. The Labute approximate surface area is 206 Å². The number of hydrogen-bond acceptors (Lipinski definition) is 6. The van der Waals surface area contributed by atoms with Crippen LogP contribution in [-0.2, 0) is 6.42 Å². The number of carbonyl (C=O) groups is 1. The molecule has 0 spiro atoms. The van der Waals surface area contributed by atoms with Crippen molar-refractivity contribution in [2.75, 3.05) is 27.3 Å². The second-order valence-electron chi connectivity index (χ2n) is 8.80. The van der Waals surface area contributed by atoms with Crippen LogP contribution in [0.3, 0.4) is 0 Å². The van der Waals surface area contributed by atoms with E-state index in [-0.39, 0.29) is 17.2 Å². The number of hydrogen-bond donors (Lipinski definition) is 2. The molecule has 1 amide bonds. The highest BCUT2D eigenvalue weighted by Crippen LogP contribution is 2.45. The van der Waals surface area contributed by atoms with Crippen molar-refractivity contribution < 1.29 is 24.5 Å². The largest absolute Gasteiger partial charge is 0.506 e. The van der Waals surface area contributed by atoms with E-state index >= 15 is 0 Å². The molecule has 0 unspecified atom stereocenters. The van der Waals surface area contributed by atoms with Gasteiger partial charge in [-0.15, -0.1) is 0 Å². The molecular formula is C28H32N2O5. The molecule has 1 atom stereocenters. The summed E-state index contributed by atoms with van der Waals surface area (Å²) in [5, 5.41) is 22.3. The van der Waals surface area contributed by atoms with E-state index in [1.807, 2.05) is 18.2 Å². The Hall–Kier alpha value is -3.74. The number of nitrogens with zero attached hydrogens (tertiary/aromatic N) is 2. The van der Waals surface area contributed by atoms with Gasteiger partial charge in [0.1, 0.15) is 22.8 Å². The van der Waals surface area contributed by atoms with Gasteiger partial charge in [0.25, 0.3) is 5.91 Å². The zero-order valence-corrected chi connectivity index (χ0v) is 20.5. The van der Waals surface area contributed by atoms with E-state index in [0.717, 1.165) is 19.3 Å². The van der Waals surface area contributed by atoms with Gasteiger partial charge in [0.2, 0.25) is 5.88 Å². The minimum absolute atomic E-state index is 0.182. The highest BCUT2D eigenvalue weighted by Gasteiger charge is 2.33. The number of benzene rings is 2. The van der Waals surface area contributed by atoms with Crippen LogP contribution in [0.2, 0.25) is 0 Å². The number of aryl methyl sites for hydroxylation is 1. The van der Waals surface area contributed by atoms with Gasteiger partial charge in [0.05, 0.1) is 25.5 Å². The number of aromatic hydroxyl groups is 2. The average Bonchev–Trinajstić information content (AvgIpc) is 3.38. The first-order valence-electron chi connectivity index (χ1n) is 12.0. The highest BCUT2D eigenvalue weighted by atomic mass is 16.5. The van der Waals surface area contributed by atoms with Gasteiger partial charge in [-0.2, -0.15) is 0 Å². The van der Waals surface area contributed by atoms with E-state index in [2.05, 4.69) is 24.0 Å². The molecule has 0 bridgehead atoms. The van der Waals surface area contributed by atoms with Gasteiger partial charge >= 0.3 is 0 Å². The van der Waals surface area contributed by atoms with Crippen molar-refractivity contribution in [3.8, 4) is 34.3 Å². The first kappa shape index (κ1) is 24.4. The first-order valence-corrected chi connectivity index (χ1v) is 12.0. The summed E-state index contributed by atoms with van der Waals surface area (Å²) >= 11 is 0. The van der Waals surface area contributed by atoms with Crippen molar-refractivity contribution in [2.24, 2.45) is 0 Å². The fraction of sp³-hybridized carbons (Fsp3) is 0.357. The molecule has 1 aromatic heterocycles. The maximum atomic E-state index is 13.6. The van der Waals surface area contributed by atoms with Crippen LogP contribution in [0.1, 0.15) is 53.7 Å². The lowest BCUT2D eigenvalue weighted by Gasteiger charge is -2.21. The third-order valence-electron chi connectivity index (χ3n) is 6.63. The van der Waals surface area contributed by atoms with Crippen LogP contribution in [0.25, 0.3) is 11.1 Å². The Kier molecular flexibility index (Phi) is 7.44. The lowest BCUT2D eigenvalue weighted by Crippen LogP contribution is -2.29. The van der Waals surface area contributed by atoms with Gasteiger partial charge in [-0.3, -0.25) is 4.79 Å². The van der Waals surface area contributed by atoms with Crippen molar-refractivity contribution in [3.05, 3.63) is 65.4 Å². The number of pyridine rings is 1. The molecule has 1 fully saturated rings. The number of ether oxygens (including phenoxy) is 2. The second-order valence-corrected chi connectivity index (χ2v) is 8.80. The lowest BCUT2D eigenvalue weighted by atomic mass is 9.96. The lowest BCUT2D eigenvalue weighted by molar-refractivity contribution is 0.0783. The Balaban J connectivity index is 1.77. The number of methoxy groups -OCH3 is 2. The van der Waals surface area contributed by atoms with Gasteiger partial charge in [-0.25, -0.2) is 4.98 Å². The quantitative estimate of drug-likeness (QED) is 0.467. The zero-order valence-electron chi connectivity index (χ0n) is 20.5. The number of unbranched alkanes of at least 4 members (excludes halogenated alkanes) is 1. The van der Waals surface area contributed by atoms with Crippen molar-refractivity contribution >= 4 is 5.91 Å². The van der Waals surface area contributed by atoms with E-state index in [4.69, 9.17) is 9.47 Å². The monoisotopic (exact) mass is 476 g/mol. The minimum atomic E-state index is -0.452. The fourth-order valence-corrected chi connectivity index (χ4v) is 4.72. The summed E-state index contributed by atoms with van der Waals surface area (Å²) in [4.78, 5) is 19.6. The van der Waals surface area contributed by atoms with Gasteiger partial charge in [0.15, 0.2) is 0 Å². The minimum Gasteiger partial charge on any atom is -0.506 e. The Bertz CT molecular complexity index is 1200. The van der Waals surface area contributed by atoms with Crippen LogP contribution in [0, 0.1) is 0 Å². The summed E-state index contributed by atoms with van der Waals surface area (Å²) in [6, 6.07) is 15.3. The van der Waals surface area contributed by atoms with Crippen LogP contribution in [0.5, 0.6) is 23.1 Å². The van der Waals surface area contributed by atoms with Gasteiger partial charge in [0, 0.05) is 24.6 Å². The van der Waals surface area contributed by atoms with Crippen LogP contribution in [0.15, 0.2) is 48.5 Å². The molecule has 2 aromatic carbocycles. The number of rotatable bonds is 8. The van der Waals surface area contributed by atoms with Crippen LogP contribution in [-0.4, -0.2) is 53.3 Å². The molecular weight excluding hydrogens is 444 g/mol. The van der Waals surface area contributed by atoms with E-state index in [0.29, 0.717) is 47.8 Å². The molecule has 7 nitrogen and oxygen atoms in total. The molecule has 7 heteroatoms. The fourth-order valence-electron chi connectivity index (χ4n) is 4.72. The summed E-state index contributed by atoms with van der Waals surface area (Å²) in [6.45, 7) is 3.10. The summed E-state index contributed by atoms with van der Waals surface area (Å²) in [7, 11) is 3.10. The zero-order chi connectivity index (χ0) is 24.9. The number of amides is 1. The molecule has 0 aliphatic carbocycles. The molecule has 2 heterocycles. The number of aromatic nitrogens is 1. The smallest absolute Gasteiger partial charge is 0.263 e. The Morgan fingerprint density at radius 2 is 1.89 bits per heavy atom. The normalized spacial score (nSPS) is 15.3. The summed E-state index contributed by atoms with van der Waals surface area (Å²) in [6.07, 6.45) is 3.06. The predicted octanol–water partition coefficient (Wildman–Crippen LogP) is 5.15. The molecule has 2 N–H and O–H groups in total. The molecule has 1 aliphatic heterocycles. The van der Waals surface area contributed by atoms with Gasteiger partial charge < -0.3 is 24.6 Å². The SMILES string of the molecule is CCCCc1nc(O)c(C(=O)N2CC[C@H](c3ccccc3)C2)c(O)c1-c1cc(OC)ccc1OC. The van der Waals surface area contributed by atoms with Gasteiger partial charge in [-0.05, 0) is 43.0 Å². The van der Waals surface area contributed by atoms with Crippen molar-refractivity contribution in [1.82, 2.24) is 9.88 Å². The Morgan fingerprint density at radius 3 is 2.57 bits per heavy atom. The maximum absolute atomic E-state index is 13.6. The third kappa shape index (κ3) is 4.90. The molecule has 0 radical (unpaired) electrons. The molecule has 0 saturated carbocycles. The molecule has 184 valence electrons. The number of likely N-dealkylation sites (tertiary alicyclic amines) is 1. The highest BCUT2D eigenvalue weighted by molar-refractivity contribution is 6.02.